The molecule has 2 atom stereocenters. The summed E-state index contributed by atoms with van der Waals surface area (Å²) in [5, 5.41) is 0. The van der Waals surface area contributed by atoms with E-state index in [9.17, 15) is 8.42 Å². The van der Waals surface area contributed by atoms with Gasteiger partial charge in [0.25, 0.3) is 0 Å². The van der Waals surface area contributed by atoms with Crippen molar-refractivity contribution in [2.24, 2.45) is 5.73 Å². The van der Waals surface area contributed by atoms with E-state index in [2.05, 4.69) is 4.72 Å². The van der Waals surface area contributed by atoms with Crippen molar-refractivity contribution in [1.82, 2.24) is 4.72 Å². The van der Waals surface area contributed by atoms with Crippen molar-refractivity contribution >= 4 is 10.0 Å². The average Bonchev–Trinajstić information content (AvgIpc) is 2.44. The first-order valence-corrected chi connectivity index (χ1v) is 8.41. The van der Waals surface area contributed by atoms with E-state index >= 15 is 0 Å². The van der Waals surface area contributed by atoms with Crippen LogP contribution in [-0.4, -0.2) is 20.5 Å². The van der Waals surface area contributed by atoms with Crippen molar-refractivity contribution in [3.63, 3.8) is 0 Å². The van der Waals surface area contributed by atoms with E-state index in [0.29, 0.717) is 4.90 Å². The lowest BCUT2D eigenvalue weighted by Gasteiger charge is -2.28. The number of nitrogens with two attached hydrogens (primary N) is 1. The smallest absolute Gasteiger partial charge is 0.240 e. The Bertz CT molecular complexity index is 460. The maximum absolute atomic E-state index is 12.1. The summed E-state index contributed by atoms with van der Waals surface area (Å²) in [6, 6.07) is 8.22. The highest BCUT2D eigenvalue weighted by molar-refractivity contribution is 7.89. The molecule has 0 aromatic heterocycles. The topological polar surface area (TPSA) is 72.2 Å². The third-order valence-corrected chi connectivity index (χ3v) is 4.69. The summed E-state index contributed by atoms with van der Waals surface area (Å²) < 4.78 is 26.9. The van der Waals surface area contributed by atoms with Crippen LogP contribution in [0.3, 0.4) is 0 Å². The zero-order valence-corrected chi connectivity index (χ0v) is 12.5. The molecule has 0 aliphatic heterocycles. The minimum Gasteiger partial charge on any atom is -0.326 e. The molecule has 4 nitrogen and oxygen atoms in total. The molecular formula is C14H24N2O2S. The molecule has 1 aliphatic rings. The minimum atomic E-state index is -3.42. The number of rotatable bonds is 3. The predicted octanol–water partition coefficient (Wildman–Crippen LogP) is 2.26. The molecule has 3 N–H and O–H groups in total. The summed E-state index contributed by atoms with van der Waals surface area (Å²) in [6.45, 7) is 4.00. The summed E-state index contributed by atoms with van der Waals surface area (Å²) >= 11 is 0. The number of nitrogens with one attached hydrogen (secondary N) is 1. The van der Waals surface area contributed by atoms with E-state index in [0.717, 1.165) is 25.7 Å². The zero-order chi connectivity index (χ0) is 14.3. The Morgan fingerprint density at radius 2 is 1.68 bits per heavy atom. The van der Waals surface area contributed by atoms with E-state index in [1.807, 2.05) is 13.8 Å². The second kappa shape index (κ2) is 7.62. The lowest BCUT2D eigenvalue weighted by Crippen LogP contribution is -2.49. The van der Waals surface area contributed by atoms with E-state index in [1.54, 1.807) is 30.3 Å². The standard InChI is InChI=1S/C12H18N2O2S.C2H6/c13-11-8-4-5-9-12(11)14-17(15,16)10-6-2-1-3-7-10;1-2/h1-3,6-7,11-12,14H,4-5,8-9,13H2;1-2H3/t11-,12-;/m1./s1. The normalized spacial score (nSPS) is 23.3. The average molecular weight is 284 g/mol. The molecule has 1 aromatic rings. The fourth-order valence-electron chi connectivity index (χ4n) is 2.17. The third-order valence-electron chi connectivity index (χ3n) is 3.18. The number of hydrogen-bond donors (Lipinski definition) is 2. The Labute approximate surface area is 116 Å². The van der Waals surface area contributed by atoms with Gasteiger partial charge in [-0.25, -0.2) is 13.1 Å². The van der Waals surface area contributed by atoms with Crippen LogP contribution in [0, 0.1) is 0 Å². The molecule has 0 radical (unpaired) electrons. The van der Waals surface area contributed by atoms with Crippen LogP contribution >= 0.6 is 0 Å². The maximum atomic E-state index is 12.1. The number of sulfonamides is 1. The van der Waals surface area contributed by atoms with E-state index in [1.165, 1.54) is 0 Å². The molecule has 1 saturated carbocycles. The maximum Gasteiger partial charge on any atom is 0.240 e. The summed E-state index contributed by atoms with van der Waals surface area (Å²) in [5.41, 5.74) is 5.94. The summed E-state index contributed by atoms with van der Waals surface area (Å²) in [6.07, 6.45) is 3.84. The zero-order valence-electron chi connectivity index (χ0n) is 11.7. The monoisotopic (exact) mass is 284 g/mol. The molecule has 1 aromatic carbocycles. The van der Waals surface area contributed by atoms with Gasteiger partial charge in [0, 0.05) is 12.1 Å². The van der Waals surface area contributed by atoms with Crippen LogP contribution in [0.15, 0.2) is 35.2 Å². The van der Waals surface area contributed by atoms with Gasteiger partial charge in [0.2, 0.25) is 10.0 Å². The molecule has 19 heavy (non-hydrogen) atoms. The van der Waals surface area contributed by atoms with Crippen LogP contribution in [0.2, 0.25) is 0 Å². The first-order valence-electron chi connectivity index (χ1n) is 6.92. The molecular weight excluding hydrogens is 260 g/mol. The molecule has 2 rings (SSSR count). The van der Waals surface area contributed by atoms with Crippen molar-refractivity contribution in [1.29, 1.82) is 0 Å². The van der Waals surface area contributed by atoms with Crippen molar-refractivity contribution in [2.45, 2.75) is 56.5 Å². The van der Waals surface area contributed by atoms with Crippen molar-refractivity contribution in [3.05, 3.63) is 30.3 Å². The Kier molecular flexibility index (Phi) is 6.48. The number of hydrogen-bond acceptors (Lipinski definition) is 3. The van der Waals surface area contributed by atoms with Crippen LogP contribution in [-0.2, 0) is 10.0 Å². The van der Waals surface area contributed by atoms with E-state index < -0.39 is 10.0 Å². The van der Waals surface area contributed by atoms with Crippen LogP contribution in [0.1, 0.15) is 39.5 Å². The van der Waals surface area contributed by atoms with Crippen LogP contribution in [0.25, 0.3) is 0 Å². The Hall–Kier alpha value is -0.910. The molecule has 1 aliphatic carbocycles. The minimum absolute atomic E-state index is 0.0674. The Balaban J connectivity index is 0.000000861. The van der Waals surface area contributed by atoms with E-state index in [-0.39, 0.29) is 12.1 Å². The van der Waals surface area contributed by atoms with Gasteiger partial charge in [-0.05, 0) is 25.0 Å². The lowest BCUT2D eigenvalue weighted by molar-refractivity contribution is 0.361. The summed E-state index contributed by atoms with van der Waals surface area (Å²) in [4.78, 5) is 0.303. The largest absolute Gasteiger partial charge is 0.326 e. The Morgan fingerprint density at radius 1 is 1.11 bits per heavy atom. The van der Waals surface area contributed by atoms with Gasteiger partial charge in [0.15, 0.2) is 0 Å². The highest BCUT2D eigenvalue weighted by atomic mass is 32.2. The molecule has 0 heterocycles. The molecule has 0 unspecified atom stereocenters. The van der Waals surface area contributed by atoms with E-state index in [4.69, 9.17) is 5.73 Å². The Morgan fingerprint density at radius 3 is 2.26 bits per heavy atom. The van der Waals surface area contributed by atoms with Gasteiger partial charge in [-0.2, -0.15) is 0 Å². The van der Waals surface area contributed by atoms with Crippen molar-refractivity contribution in [3.8, 4) is 0 Å². The van der Waals surface area contributed by atoms with Crippen molar-refractivity contribution in [2.75, 3.05) is 0 Å². The van der Waals surface area contributed by atoms with Gasteiger partial charge >= 0.3 is 0 Å². The molecule has 0 bridgehead atoms. The highest BCUT2D eigenvalue weighted by Crippen LogP contribution is 2.19. The molecule has 0 spiro atoms. The molecule has 1 fully saturated rings. The first-order chi connectivity index (χ1) is 9.09. The lowest BCUT2D eigenvalue weighted by atomic mass is 9.92. The van der Waals surface area contributed by atoms with Crippen LogP contribution in [0.4, 0.5) is 0 Å². The summed E-state index contributed by atoms with van der Waals surface area (Å²) in [5.74, 6) is 0. The fourth-order valence-corrected chi connectivity index (χ4v) is 3.52. The predicted molar refractivity (Wildman–Crippen MR) is 78.3 cm³/mol. The van der Waals surface area contributed by atoms with Gasteiger partial charge in [0.05, 0.1) is 4.90 Å². The molecule has 0 saturated heterocycles. The van der Waals surface area contributed by atoms with Crippen molar-refractivity contribution < 1.29 is 8.42 Å². The summed E-state index contributed by atoms with van der Waals surface area (Å²) in [7, 11) is -3.42. The van der Waals surface area contributed by atoms with Crippen LogP contribution < -0.4 is 10.5 Å². The molecule has 5 heteroatoms. The fraction of sp³-hybridized carbons (Fsp3) is 0.571. The van der Waals surface area contributed by atoms with Crippen LogP contribution in [0.5, 0.6) is 0 Å². The van der Waals surface area contributed by atoms with Gasteiger partial charge < -0.3 is 5.73 Å². The first kappa shape index (κ1) is 16.1. The third kappa shape index (κ3) is 4.60. The van der Waals surface area contributed by atoms with Gasteiger partial charge in [-0.15, -0.1) is 0 Å². The molecule has 0 amide bonds. The van der Waals surface area contributed by atoms with Gasteiger partial charge in [-0.3, -0.25) is 0 Å². The molecule has 108 valence electrons. The van der Waals surface area contributed by atoms with Gasteiger partial charge in [0.1, 0.15) is 0 Å². The quantitative estimate of drug-likeness (QED) is 0.894. The second-order valence-electron chi connectivity index (χ2n) is 4.49. The SMILES string of the molecule is CC.N[C@@H]1CCCC[C@H]1NS(=O)(=O)c1ccccc1. The van der Waals surface area contributed by atoms with Gasteiger partial charge in [-0.1, -0.05) is 44.9 Å². The highest BCUT2D eigenvalue weighted by Gasteiger charge is 2.26. The second-order valence-corrected chi connectivity index (χ2v) is 6.20. The number of benzene rings is 1.